The van der Waals surface area contributed by atoms with Crippen LogP contribution in [0.25, 0.3) is 10.9 Å². The quantitative estimate of drug-likeness (QED) is 0.808. The fourth-order valence-electron chi connectivity index (χ4n) is 3.25. The maximum absolute atomic E-state index is 12.1. The lowest BCUT2D eigenvalue weighted by Crippen LogP contribution is -2.35. The fourth-order valence-corrected chi connectivity index (χ4v) is 3.25. The summed E-state index contributed by atoms with van der Waals surface area (Å²) < 4.78 is 0. The van der Waals surface area contributed by atoms with E-state index in [9.17, 15) is 9.90 Å². The van der Waals surface area contributed by atoms with Crippen LogP contribution < -0.4 is 5.32 Å². The predicted octanol–water partition coefficient (Wildman–Crippen LogP) is 3.50. The zero-order valence-corrected chi connectivity index (χ0v) is 12.4. The van der Waals surface area contributed by atoms with Crippen LogP contribution in [-0.2, 0) is 4.79 Å². The fraction of sp³-hybridized carbons (Fsp3) is 0.471. The molecule has 1 amide bonds. The van der Waals surface area contributed by atoms with Crippen molar-refractivity contribution in [2.45, 2.75) is 51.0 Å². The molecule has 4 heteroatoms. The summed E-state index contributed by atoms with van der Waals surface area (Å²) in [4.78, 5) is 15.4. The Morgan fingerprint density at radius 2 is 2.05 bits per heavy atom. The van der Waals surface area contributed by atoms with Gasteiger partial charge in [0.15, 0.2) is 0 Å². The Morgan fingerprint density at radius 3 is 2.81 bits per heavy atom. The van der Waals surface area contributed by atoms with Crippen molar-refractivity contribution in [3.63, 3.8) is 0 Å². The van der Waals surface area contributed by atoms with Crippen molar-refractivity contribution in [3.8, 4) is 0 Å². The third-order valence-electron chi connectivity index (χ3n) is 4.31. The zero-order valence-electron chi connectivity index (χ0n) is 12.4. The van der Waals surface area contributed by atoms with Crippen molar-refractivity contribution in [2.24, 2.45) is 0 Å². The number of fused-ring (bicyclic) bond motifs is 1. The molecule has 2 aromatic rings. The van der Waals surface area contributed by atoms with Gasteiger partial charge in [-0.3, -0.25) is 4.79 Å². The van der Waals surface area contributed by atoms with Crippen LogP contribution >= 0.6 is 0 Å². The van der Waals surface area contributed by atoms with Crippen molar-refractivity contribution in [3.05, 3.63) is 30.0 Å². The van der Waals surface area contributed by atoms with Crippen molar-refractivity contribution < 1.29 is 9.90 Å². The summed E-state index contributed by atoms with van der Waals surface area (Å²) in [6.07, 6.45) is 4.84. The molecule has 1 aliphatic rings. The minimum Gasteiger partial charge on any atom is -0.389 e. The van der Waals surface area contributed by atoms with Gasteiger partial charge in [0, 0.05) is 22.3 Å². The molecule has 1 aromatic carbocycles. The Bertz CT molecular complexity index is 654. The minimum atomic E-state index is -0.808. The Balaban J connectivity index is 1.67. The Morgan fingerprint density at radius 1 is 1.29 bits per heavy atom. The molecule has 1 heterocycles. The second-order valence-corrected chi connectivity index (χ2v) is 6.26. The molecule has 1 aromatic heterocycles. The molecule has 0 aliphatic heterocycles. The number of nitrogens with one attached hydrogen (secondary N) is 2. The molecule has 112 valence electrons. The van der Waals surface area contributed by atoms with Gasteiger partial charge in [-0.05, 0) is 44.0 Å². The van der Waals surface area contributed by atoms with Crippen molar-refractivity contribution >= 4 is 22.5 Å². The van der Waals surface area contributed by atoms with Crippen LogP contribution in [0.4, 0.5) is 5.69 Å². The van der Waals surface area contributed by atoms with Crippen LogP contribution in [0.5, 0.6) is 0 Å². The molecule has 1 aliphatic carbocycles. The molecular formula is C17H22N2O2. The highest BCUT2D eigenvalue weighted by atomic mass is 16.3. The van der Waals surface area contributed by atoms with Gasteiger partial charge in [-0.15, -0.1) is 0 Å². The number of aliphatic hydroxyl groups is 1. The SMILES string of the molecule is Cc1cc2cc(NC(=O)CC3(O)CCCCC3)ccc2[nH]1. The number of aromatic amines is 1. The number of aryl methyl sites for hydroxylation is 1. The molecule has 0 bridgehead atoms. The molecular weight excluding hydrogens is 264 g/mol. The Hall–Kier alpha value is -1.81. The predicted molar refractivity (Wildman–Crippen MR) is 84.3 cm³/mol. The van der Waals surface area contributed by atoms with Crippen molar-refractivity contribution in [2.75, 3.05) is 5.32 Å². The number of benzene rings is 1. The number of carbonyl (C=O) groups excluding carboxylic acids is 1. The highest BCUT2D eigenvalue weighted by molar-refractivity contribution is 5.94. The number of H-pyrrole nitrogens is 1. The second kappa shape index (κ2) is 5.53. The maximum atomic E-state index is 12.1. The average molecular weight is 286 g/mol. The number of rotatable bonds is 3. The minimum absolute atomic E-state index is 0.106. The van der Waals surface area contributed by atoms with Gasteiger partial charge in [-0.2, -0.15) is 0 Å². The standard InChI is InChI=1S/C17H22N2O2/c1-12-9-13-10-14(5-6-15(13)18-12)19-16(20)11-17(21)7-3-2-4-8-17/h5-6,9-10,18,21H,2-4,7-8,11H2,1H3,(H,19,20). The van der Waals surface area contributed by atoms with Gasteiger partial charge in [-0.25, -0.2) is 0 Å². The van der Waals surface area contributed by atoms with Gasteiger partial charge >= 0.3 is 0 Å². The lowest BCUT2D eigenvalue weighted by atomic mass is 9.82. The normalized spacial score (nSPS) is 17.8. The number of carbonyl (C=O) groups is 1. The van der Waals surface area contributed by atoms with Crippen LogP contribution in [0, 0.1) is 6.92 Å². The molecule has 0 saturated heterocycles. The molecule has 3 rings (SSSR count). The second-order valence-electron chi connectivity index (χ2n) is 6.26. The summed E-state index contributed by atoms with van der Waals surface area (Å²) in [5.74, 6) is -0.106. The van der Waals surface area contributed by atoms with E-state index in [0.717, 1.165) is 54.4 Å². The van der Waals surface area contributed by atoms with Crippen LogP contribution in [0.3, 0.4) is 0 Å². The number of hydrogen-bond donors (Lipinski definition) is 3. The molecule has 1 saturated carbocycles. The van der Waals surface area contributed by atoms with Crippen LogP contribution in [0.15, 0.2) is 24.3 Å². The third-order valence-corrected chi connectivity index (χ3v) is 4.31. The smallest absolute Gasteiger partial charge is 0.227 e. The van der Waals surface area contributed by atoms with E-state index in [1.807, 2.05) is 25.1 Å². The van der Waals surface area contributed by atoms with E-state index >= 15 is 0 Å². The topological polar surface area (TPSA) is 65.1 Å². The van der Waals surface area contributed by atoms with Gasteiger partial charge in [0.25, 0.3) is 0 Å². The van der Waals surface area contributed by atoms with E-state index in [4.69, 9.17) is 0 Å². The molecule has 3 N–H and O–H groups in total. The number of amides is 1. The van der Waals surface area contributed by atoms with Gasteiger partial charge < -0.3 is 15.4 Å². The van der Waals surface area contributed by atoms with Crippen LogP contribution in [-0.4, -0.2) is 21.6 Å². The molecule has 0 radical (unpaired) electrons. The summed E-state index contributed by atoms with van der Waals surface area (Å²) in [6, 6.07) is 7.87. The van der Waals surface area contributed by atoms with E-state index in [2.05, 4.69) is 16.4 Å². The Kier molecular flexibility index (Phi) is 3.72. The van der Waals surface area contributed by atoms with Crippen molar-refractivity contribution in [1.29, 1.82) is 0 Å². The summed E-state index contributed by atoms with van der Waals surface area (Å²) in [5, 5.41) is 14.4. The van der Waals surface area contributed by atoms with E-state index in [-0.39, 0.29) is 12.3 Å². The Labute approximate surface area is 124 Å². The first-order valence-electron chi connectivity index (χ1n) is 7.66. The lowest BCUT2D eigenvalue weighted by Gasteiger charge is -2.31. The largest absolute Gasteiger partial charge is 0.389 e. The number of hydrogen-bond acceptors (Lipinski definition) is 2. The number of aromatic nitrogens is 1. The van der Waals surface area contributed by atoms with Crippen LogP contribution in [0.2, 0.25) is 0 Å². The summed E-state index contributed by atoms with van der Waals surface area (Å²) in [5.41, 5.74) is 2.14. The van der Waals surface area contributed by atoms with E-state index in [0.29, 0.717) is 0 Å². The zero-order chi connectivity index (χ0) is 14.9. The van der Waals surface area contributed by atoms with E-state index in [1.165, 1.54) is 0 Å². The lowest BCUT2D eigenvalue weighted by molar-refractivity contribution is -0.122. The van der Waals surface area contributed by atoms with Gasteiger partial charge in [0.1, 0.15) is 0 Å². The monoisotopic (exact) mass is 286 g/mol. The first kappa shape index (κ1) is 14.1. The molecule has 0 spiro atoms. The average Bonchev–Trinajstić information content (AvgIpc) is 2.78. The third kappa shape index (κ3) is 3.27. The van der Waals surface area contributed by atoms with Gasteiger partial charge in [0.05, 0.1) is 12.0 Å². The van der Waals surface area contributed by atoms with Gasteiger partial charge in [0.2, 0.25) is 5.91 Å². The van der Waals surface area contributed by atoms with Gasteiger partial charge in [-0.1, -0.05) is 19.3 Å². The molecule has 4 nitrogen and oxygen atoms in total. The summed E-state index contributed by atoms with van der Waals surface area (Å²) >= 11 is 0. The van der Waals surface area contributed by atoms with E-state index < -0.39 is 5.60 Å². The first-order valence-corrected chi connectivity index (χ1v) is 7.66. The van der Waals surface area contributed by atoms with Crippen LogP contribution in [0.1, 0.15) is 44.2 Å². The molecule has 0 atom stereocenters. The van der Waals surface area contributed by atoms with E-state index in [1.54, 1.807) is 0 Å². The van der Waals surface area contributed by atoms with Crippen molar-refractivity contribution in [1.82, 2.24) is 4.98 Å². The summed E-state index contributed by atoms with van der Waals surface area (Å²) in [6.45, 7) is 2.01. The highest BCUT2D eigenvalue weighted by Crippen LogP contribution is 2.31. The highest BCUT2D eigenvalue weighted by Gasteiger charge is 2.31. The first-order chi connectivity index (χ1) is 10.0. The molecule has 1 fully saturated rings. The summed E-state index contributed by atoms with van der Waals surface area (Å²) in [7, 11) is 0. The maximum Gasteiger partial charge on any atom is 0.227 e. The molecule has 0 unspecified atom stereocenters. The number of anilines is 1. The molecule has 21 heavy (non-hydrogen) atoms.